The van der Waals surface area contributed by atoms with Crippen LogP contribution in [0.4, 0.5) is 0 Å². The van der Waals surface area contributed by atoms with Gasteiger partial charge in [0.25, 0.3) is 0 Å². The zero-order valence-electron chi connectivity index (χ0n) is 6.23. The molecule has 0 heterocycles. The molecule has 6 nitrogen and oxygen atoms in total. The van der Waals surface area contributed by atoms with Crippen molar-refractivity contribution in [2.24, 2.45) is 5.90 Å². The van der Waals surface area contributed by atoms with Gasteiger partial charge in [-0.3, -0.25) is 9.11 Å². The molecule has 0 aromatic heterocycles. The zero-order chi connectivity index (χ0) is 9.33. The molecule has 7 heteroatoms. The first-order valence-electron chi connectivity index (χ1n) is 2.93. The molecule has 0 rings (SSSR count). The largest absolute Gasteiger partial charge is 0.394 e. The van der Waals surface area contributed by atoms with Gasteiger partial charge in [-0.2, -0.15) is 8.42 Å². The summed E-state index contributed by atoms with van der Waals surface area (Å²) >= 11 is 0. The van der Waals surface area contributed by atoms with Crippen LogP contribution in [-0.2, 0) is 15.2 Å². The van der Waals surface area contributed by atoms with E-state index in [1.807, 2.05) is 0 Å². The van der Waals surface area contributed by atoms with Crippen LogP contribution in [-0.4, -0.2) is 24.1 Å². The molecule has 0 bridgehead atoms. The molecule has 0 aliphatic rings. The van der Waals surface area contributed by atoms with Gasteiger partial charge >= 0.3 is 10.4 Å². The third-order valence-corrected chi connectivity index (χ3v) is 0.616. The molecule has 0 unspecified atom stereocenters. The average Bonchev–Trinajstić information content (AvgIpc) is 1.79. The highest BCUT2D eigenvalue weighted by atomic mass is 32.3. The molecule has 0 amide bonds. The van der Waals surface area contributed by atoms with E-state index in [-0.39, 0.29) is 0 Å². The van der Waals surface area contributed by atoms with Gasteiger partial charge in [-0.05, 0) is 6.42 Å². The van der Waals surface area contributed by atoms with Gasteiger partial charge in [0.1, 0.15) is 0 Å². The molecule has 0 spiro atoms. The van der Waals surface area contributed by atoms with Crippen LogP contribution < -0.4 is 5.90 Å². The molecule has 70 valence electrons. The van der Waals surface area contributed by atoms with Gasteiger partial charge in [-0.25, -0.2) is 5.90 Å². The lowest BCUT2D eigenvalue weighted by Gasteiger charge is -1.88. The van der Waals surface area contributed by atoms with Crippen LogP contribution in [0.15, 0.2) is 0 Å². The van der Waals surface area contributed by atoms with Gasteiger partial charge in [0.15, 0.2) is 0 Å². The van der Waals surface area contributed by atoms with Crippen molar-refractivity contribution in [3.63, 3.8) is 0 Å². The van der Waals surface area contributed by atoms with Gasteiger partial charge in [-0.1, -0.05) is 13.3 Å². The molecule has 0 aromatic rings. The molecule has 0 aromatic carbocycles. The Morgan fingerprint density at radius 2 is 1.82 bits per heavy atom. The third-order valence-electron chi connectivity index (χ3n) is 0.616. The lowest BCUT2D eigenvalue weighted by molar-refractivity contribution is 0.135. The minimum atomic E-state index is -4.67. The van der Waals surface area contributed by atoms with Crippen molar-refractivity contribution in [3.05, 3.63) is 0 Å². The molecule has 0 atom stereocenters. The fraction of sp³-hybridized carbons (Fsp3) is 1.00. The first-order valence-corrected chi connectivity index (χ1v) is 4.33. The predicted octanol–water partition coefficient (Wildman–Crippen LogP) is 0.0240. The molecule has 11 heavy (non-hydrogen) atoms. The van der Waals surface area contributed by atoms with Crippen molar-refractivity contribution in [3.8, 4) is 0 Å². The summed E-state index contributed by atoms with van der Waals surface area (Å²) in [6, 6.07) is 0. The Morgan fingerprint density at radius 3 is 1.91 bits per heavy atom. The standard InChI is InChI=1S/C4H11NO.H2O4S/c1-2-3-4-6-5;1-5(2,3)4/h2-5H2,1H3;(H2,1,2,3,4). The van der Waals surface area contributed by atoms with E-state index in [0.29, 0.717) is 6.61 Å². The summed E-state index contributed by atoms with van der Waals surface area (Å²) in [6.07, 6.45) is 2.22. The fourth-order valence-corrected chi connectivity index (χ4v) is 0.228. The summed E-state index contributed by atoms with van der Waals surface area (Å²) in [5.74, 6) is 4.71. The van der Waals surface area contributed by atoms with Crippen molar-refractivity contribution in [1.82, 2.24) is 0 Å². The zero-order valence-corrected chi connectivity index (χ0v) is 7.04. The maximum atomic E-state index is 8.74. The number of nitrogens with two attached hydrogens (primary N) is 1. The molecule has 0 aliphatic heterocycles. The van der Waals surface area contributed by atoms with E-state index in [0.717, 1.165) is 12.8 Å². The van der Waals surface area contributed by atoms with Crippen LogP contribution in [0.2, 0.25) is 0 Å². The van der Waals surface area contributed by atoms with Crippen LogP contribution in [0.25, 0.3) is 0 Å². The molecular formula is C4H13NO5S. The second-order valence-electron chi connectivity index (χ2n) is 1.67. The second-order valence-corrected chi connectivity index (χ2v) is 2.57. The number of rotatable bonds is 3. The van der Waals surface area contributed by atoms with Crippen molar-refractivity contribution >= 4 is 10.4 Å². The summed E-state index contributed by atoms with van der Waals surface area (Å²) in [5.41, 5.74) is 0. The fourth-order valence-electron chi connectivity index (χ4n) is 0.228. The maximum Gasteiger partial charge on any atom is 0.394 e. The summed E-state index contributed by atoms with van der Waals surface area (Å²) in [6.45, 7) is 2.79. The number of unbranched alkanes of at least 4 members (excludes halogenated alkanes) is 1. The van der Waals surface area contributed by atoms with Gasteiger partial charge in [0.05, 0.1) is 6.61 Å². The highest BCUT2D eigenvalue weighted by Crippen LogP contribution is 1.82. The predicted molar refractivity (Wildman–Crippen MR) is 39.2 cm³/mol. The van der Waals surface area contributed by atoms with E-state index >= 15 is 0 Å². The van der Waals surface area contributed by atoms with E-state index in [1.54, 1.807) is 0 Å². The highest BCUT2D eigenvalue weighted by molar-refractivity contribution is 7.79. The summed E-state index contributed by atoms with van der Waals surface area (Å²) < 4.78 is 31.6. The van der Waals surface area contributed by atoms with Crippen molar-refractivity contribution < 1.29 is 22.4 Å². The Balaban J connectivity index is 0. The highest BCUT2D eigenvalue weighted by Gasteiger charge is 1.84. The topological polar surface area (TPSA) is 110 Å². The molecule has 0 radical (unpaired) electrons. The van der Waals surface area contributed by atoms with E-state index in [2.05, 4.69) is 11.8 Å². The van der Waals surface area contributed by atoms with Crippen molar-refractivity contribution in [1.29, 1.82) is 0 Å². The average molecular weight is 187 g/mol. The van der Waals surface area contributed by atoms with Crippen LogP contribution in [0.5, 0.6) is 0 Å². The minimum Gasteiger partial charge on any atom is -0.305 e. The molecular weight excluding hydrogens is 174 g/mol. The first kappa shape index (κ1) is 13.4. The van der Waals surface area contributed by atoms with E-state index in [9.17, 15) is 0 Å². The van der Waals surface area contributed by atoms with E-state index in [4.69, 9.17) is 23.4 Å². The molecule has 0 saturated carbocycles. The smallest absolute Gasteiger partial charge is 0.305 e. The molecule has 0 saturated heterocycles. The van der Waals surface area contributed by atoms with Crippen LogP contribution in [0, 0.1) is 0 Å². The van der Waals surface area contributed by atoms with Gasteiger partial charge < -0.3 is 4.84 Å². The monoisotopic (exact) mass is 187 g/mol. The normalized spacial score (nSPS) is 10.2. The van der Waals surface area contributed by atoms with Crippen molar-refractivity contribution in [2.75, 3.05) is 6.61 Å². The minimum absolute atomic E-state index is 0.691. The Bertz CT molecular complexity index is 142. The SMILES string of the molecule is CCCCON.O=S(=O)(O)O. The van der Waals surface area contributed by atoms with Gasteiger partial charge in [0, 0.05) is 0 Å². The quantitative estimate of drug-likeness (QED) is 0.326. The summed E-state index contributed by atoms with van der Waals surface area (Å²) in [4.78, 5) is 4.28. The summed E-state index contributed by atoms with van der Waals surface area (Å²) in [7, 11) is -4.67. The van der Waals surface area contributed by atoms with E-state index in [1.165, 1.54) is 0 Å². The molecule has 4 N–H and O–H groups in total. The van der Waals surface area contributed by atoms with Crippen LogP contribution in [0.1, 0.15) is 19.8 Å². The van der Waals surface area contributed by atoms with Gasteiger partial charge in [0.2, 0.25) is 0 Å². The summed E-state index contributed by atoms with van der Waals surface area (Å²) in [5, 5.41) is 0. The second kappa shape index (κ2) is 7.89. The number of hydrogen-bond donors (Lipinski definition) is 3. The van der Waals surface area contributed by atoms with E-state index < -0.39 is 10.4 Å². The Labute approximate surface area is 65.9 Å². The lowest BCUT2D eigenvalue weighted by atomic mass is 10.4. The molecule has 0 aliphatic carbocycles. The third kappa shape index (κ3) is 76.3. The Hall–Kier alpha value is -0.210. The van der Waals surface area contributed by atoms with Gasteiger partial charge in [-0.15, -0.1) is 0 Å². The molecule has 0 fully saturated rings. The van der Waals surface area contributed by atoms with Crippen LogP contribution >= 0.6 is 0 Å². The first-order chi connectivity index (χ1) is 4.91. The number of hydrogen-bond acceptors (Lipinski definition) is 4. The maximum absolute atomic E-state index is 8.74. The Kier molecular flexibility index (Phi) is 9.60. The Morgan fingerprint density at radius 1 is 1.45 bits per heavy atom. The lowest BCUT2D eigenvalue weighted by Crippen LogP contribution is -1.99. The van der Waals surface area contributed by atoms with Crippen molar-refractivity contribution in [2.45, 2.75) is 19.8 Å². The van der Waals surface area contributed by atoms with Crippen LogP contribution in [0.3, 0.4) is 0 Å².